The molecule has 1 N–H and O–H groups in total. The van der Waals surface area contributed by atoms with Gasteiger partial charge in [-0.3, -0.25) is 14.6 Å². The predicted octanol–water partition coefficient (Wildman–Crippen LogP) is 3.69. The monoisotopic (exact) mass is 290 g/mol. The molecular formula is C18H14N2O2. The van der Waals surface area contributed by atoms with Crippen LogP contribution in [-0.4, -0.2) is 16.7 Å². The van der Waals surface area contributed by atoms with Gasteiger partial charge in [-0.25, -0.2) is 0 Å². The smallest absolute Gasteiger partial charge is 0.257 e. The third-order valence-corrected chi connectivity index (χ3v) is 3.43. The normalized spacial score (nSPS) is 10.4. The Hall–Kier alpha value is -3.01. The standard InChI is InChI=1S/C18H14N2O2/c1-12(21)14-8-2-3-10-16(14)20-18(22)15-9-4-6-13-7-5-11-19-17(13)15/h2-11H,1H3,(H,20,22). The van der Waals surface area contributed by atoms with Crippen LogP contribution in [0.4, 0.5) is 5.69 Å². The van der Waals surface area contributed by atoms with E-state index in [4.69, 9.17) is 0 Å². The van der Waals surface area contributed by atoms with Crippen LogP contribution in [0, 0.1) is 0 Å². The highest BCUT2D eigenvalue weighted by atomic mass is 16.1. The second-order valence-electron chi connectivity index (χ2n) is 4.94. The third kappa shape index (κ3) is 2.59. The van der Waals surface area contributed by atoms with Crippen LogP contribution in [0.15, 0.2) is 60.8 Å². The van der Waals surface area contributed by atoms with Gasteiger partial charge in [0.25, 0.3) is 5.91 Å². The SMILES string of the molecule is CC(=O)c1ccccc1NC(=O)c1cccc2cccnc12. The number of anilines is 1. The number of carbonyl (C=O) groups is 2. The van der Waals surface area contributed by atoms with Gasteiger partial charge in [0.05, 0.1) is 16.8 Å². The summed E-state index contributed by atoms with van der Waals surface area (Å²) >= 11 is 0. The molecule has 3 rings (SSSR count). The lowest BCUT2D eigenvalue weighted by Gasteiger charge is -2.10. The molecule has 4 nitrogen and oxygen atoms in total. The van der Waals surface area contributed by atoms with Gasteiger partial charge in [-0.05, 0) is 31.2 Å². The molecule has 0 atom stereocenters. The van der Waals surface area contributed by atoms with E-state index in [1.807, 2.05) is 24.3 Å². The molecule has 2 aromatic carbocycles. The first-order valence-corrected chi connectivity index (χ1v) is 6.92. The lowest BCUT2D eigenvalue weighted by molar-refractivity contribution is 0.101. The van der Waals surface area contributed by atoms with Crippen LogP contribution in [0.5, 0.6) is 0 Å². The van der Waals surface area contributed by atoms with Crippen LogP contribution in [0.3, 0.4) is 0 Å². The molecule has 0 spiro atoms. The van der Waals surface area contributed by atoms with Crippen LogP contribution in [0.1, 0.15) is 27.6 Å². The van der Waals surface area contributed by atoms with E-state index in [1.165, 1.54) is 6.92 Å². The number of para-hydroxylation sites is 2. The Balaban J connectivity index is 2.00. The zero-order chi connectivity index (χ0) is 15.5. The molecule has 0 fully saturated rings. The highest BCUT2D eigenvalue weighted by molar-refractivity contribution is 6.14. The number of ketones is 1. The molecule has 0 radical (unpaired) electrons. The van der Waals surface area contributed by atoms with Crippen molar-refractivity contribution in [2.75, 3.05) is 5.32 Å². The van der Waals surface area contributed by atoms with E-state index < -0.39 is 0 Å². The molecule has 3 aromatic rings. The van der Waals surface area contributed by atoms with E-state index in [0.717, 1.165) is 5.39 Å². The van der Waals surface area contributed by atoms with Crippen molar-refractivity contribution in [1.29, 1.82) is 0 Å². The summed E-state index contributed by atoms with van der Waals surface area (Å²) in [4.78, 5) is 28.4. The second kappa shape index (κ2) is 5.77. The van der Waals surface area contributed by atoms with E-state index in [1.54, 1.807) is 36.5 Å². The predicted molar refractivity (Wildman–Crippen MR) is 86.1 cm³/mol. The van der Waals surface area contributed by atoms with Crippen LogP contribution in [0.2, 0.25) is 0 Å². The fraction of sp³-hybridized carbons (Fsp3) is 0.0556. The molecule has 22 heavy (non-hydrogen) atoms. The number of pyridine rings is 1. The van der Waals surface area contributed by atoms with Crippen LogP contribution in [-0.2, 0) is 0 Å². The van der Waals surface area contributed by atoms with Gasteiger partial charge in [0.15, 0.2) is 5.78 Å². The van der Waals surface area contributed by atoms with Crippen molar-refractivity contribution in [3.05, 3.63) is 71.9 Å². The number of hydrogen-bond donors (Lipinski definition) is 1. The first kappa shape index (κ1) is 13.9. The minimum atomic E-state index is -0.280. The van der Waals surface area contributed by atoms with Crippen molar-refractivity contribution < 1.29 is 9.59 Å². The molecule has 1 heterocycles. The quantitative estimate of drug-likeness (QED) is 0.748. The number of Topliss-reactive ketones (excluding diaryl/α,β-unsaturated/α-hetero) is 1. The molecule has 0 bridgehead atoms. The molecule has 1 aromatic heterocycles. The largest absolute Gasteiger partial charge is 0.321 e. The first-order valence-electron chi connectivity index (χ1n) is 6.92. The number of aromatic nitrogens is 1. The number of benzene rings is 2. The zero-order valence-electron chi connectivity index (χ0n) is 12.0. The molecule has 108 valence electrons. The summed E-state index contributed by atoms with van der Waals surface area (Å²) in [5, 5.41) is 3.70. The van der Waals surface area contributed by atoms with Crippen LogP contribution < -0.4 is 5.32 Å². The highest BCUT2D eigenvalue weighted by Crippen LogP contribution is 2.20. The molecule has 4 heteroatoms. The van der Waals surface area contributed by atoms with Crippen molar-refractivity contribution in [3.8, 4) is 0 Å². The van der Waals surface area contributed by atoms with Gasteiger partial charge in [0.1, 0.15) is 0 Å². The summed E-state index contributed by atoms with van der Waals surface area (Å²) in [6.45, 7) is 1.48. The first-order chi connectivity index (χ1) is 10.7. The Bertz CT molecular complexity index is 866. The van der Waals surface area contributed by atoms with Crippen molar-refractivity contribution >= 4 is 28.3 Å². The Morgan fingerprint density at radius 2 is 1.64 bits per heavy atom. The van der Waals surface area contributed by atoms with Crippen molar-refractivity contribution in [1.82, 2.24) is 4.98 Å². The Morgan fingerprint density at radius 3 is 2.45 bits per heavy atom. The fourth-order valence-corrected chi connectivity index (χ4v) is 2.38. The molecular weight excluding hydrogens is 276 g/mol. The average molecular weight is 290 g/mol. The van der Waals surface area contributed by atoms with E-state index in [-0.39, 0.29) is 11.7 Å². The maximum absolute atomic E-state index is 12.5. The van der Waals surface area contributed by atoms with E-state index in [0.29, 0.717) is 22.3 Å². The fourth-order valence-electron chi connectivity index (χ4n) is 2.38. The molecule has 0 aliphatic rings. The van der Waals surface area contributed by atoms with Crippen LogP contribution in [0.25, 0.3) is 10.9 Å². The summed E-state index contributed by atoms with van der Waals surface area (Å²) < 4.78 is 0. The molecule has 0 aliphatic heterocycles. The van der Waals surface area contributed by atoms with Gasteiger partial charge in [0.2, 0.25) is 0 Å². The van der Waals surface area contributed by atoms with Gasteiger partial charge < -0.3 is 5.32 Å². The van der Waals surface area contributed by atoms with Gasteiger partial charge in [-0.15, -0.1) is 0 Å². The number of nitrogens with one attached hydrogen (secondary N) is 1. The number of carbonyl (C=O) groups excluding carboxylic acids is 2. The minimum absolute atomic E-state index is 0.0908. The van der Waals surface area contributed by atoms with Crippen molar-refractivity contribution in [3.63, 3.8) is 0 Å². The maximum Gasteiger partial charge on any atom is 0.257 e. The molecule has 0 unspecified atom stereocenters. The molecule has 0 saturated heterocycles. The minimum Gasteiger partial charge on any atom is -0.321 e. The average Bonchev–Trinajstić information content (AvgIpc) is 2.54. The highest BCUT2D eigenvalue weighted by Gasteiger charge is 2.14. The lowest BCUT2D eigenvalue weighted by atomic mass is 10.1. The number of amides is 1. The van der Waals surface area contributed by atoms with Crippen molar-refractivity contribution in [2.45, 2.75) is 6.92 Å². The molecule has 1 amide bonds. The summed E-state index contributed by atoms with van der Waals surface area (Å²) in [5.74, 6) is -0.370. The Morgan fingerprint density at radius 1 is 0.909 bits per heavy atom. The second-order valence-corrected chi connectivity index (χ2v) is 4.94. The maximum atomic E-state index is 12.5. The number of nitrogens with zero attached hydrogens (tertiary/aromatic N) is 1. The number of fused-ring (bicyclic) bond motifs is 1. The van der Waals surface area contributed by atoms with E-state index in [2.05, 4.69) is 10.3 Å². The topological polar surface area (TPSA) is 59.1 Å². The Kier molecular flexibility index (Phi) is 3.66. The van der Waals surface area contributed by atoms with E-state index in [9.17, 15) is 9.59 Å². The van der Waals surface area contributed by atoms with Gasteiger partial charge in [-0.1, -0.05) is 30.3 Å². The molecule has 0 aliphatic carbocycles. The zero-order valence-corrected chi connectivity index (χ0v) is 12.0. The van der Waals surface area contributed by atoms with Crippen LogP contribution >= 0.6 is 0 Å². The summed E-state index contributed by atoms with van der Waals surface area (Å²) in [5.41, 5.74) is 2.12. The van der Waals surface area contributed by atoms with Gasteiger partial charge >= 0.3 is 0 Å². The lowest BCUT2D eigenvalue weighted by Crippen LogP contribution is -2.15. The third-order valence-electron chi connectivity index (χ3n) is 3.43. The number of hydrogen-bond acceptors (Lipinski definition) is 3. The van der Waals surface area contributed by atoms with Crippen molar-refractivity contribution in [2.24, 2.45) is 0 Å². The summed E-state index contributed by atoms with van der Waals surface area (Å²) in [7, 11) is 0. The Labute approximate surface area is 127 Å². The summed E-state index contributed by atoms with van der Waals surface area (Å²) in [6.07, 6.45) is 1.66. The summed E-state index contributed by atoms with van der Waals surface area (Å²) in [6, 6.07) is 16.1. The number of rotatable bonds is 3. The van der Waals surface area contributed by atoms with Gasteiger partial charge in [0, 0.05) is 17.1 Å². The van der Waals surface area contributed by atoms with E-state index >= 15 is 0 Å². The molecule has 0 saturated carbocycles. The van der Waals surface area contributed by atoms with Gasteiger partial charge in [-0.2, -0.15) is 0 Å².